The fourth-order valence-corrected chi connectivity index (χ4v) is 2.75. The van der Waals surface area contributed by atoms with Crippen LogP contribution < -0.4 is 4.74 Å². The van der Waals surface area contributed by atoms with Crippen LogP contribution in [-0.4, -0.2) is 40.0 Å². The molecule has 0 spiro atoms. The Labute approximate surface area is 158 Å². The molecule has 0 unspecified atom stereocenters. The van der Waals surface area contributed by atoms with E-state index in [1.807, 2.05) is 24.3 Å². The van der Waals surface area contributed by atoms with Crippen molar-refractivity contribution >= 4 is 16.4 Å². The number of hydrogen-bond acceptors (Lipinski definition) is 8. The zero-order chi connectivity index (χ0) is 21.8. The summed E-state index contributed by atoms with van der Waals surface area (Å²) < 4.78 is 44.3. The Bertz CT molecular complexity index is 1420. The van der Waals surface area contributed by atoms with Crippen LogP contribution >= 0.6 is 0 Å². The minimum atomic E-state index is -2.62. The van der Waals surface area contributed by atoms with Crippen LogP contribution in [0.4, 0.5) is 0 Å². The van der Waals surface area contributed by atoms with E-state index in [2.05, 4.69) is 30.8 Å². The minimum Gasteiger partial charge on any atom is -0.470 e. The molecule has 0 saturated carbocycles. The Kier molecular flexibility index (Phi) is 2.55. The van der Waals surface area contributed by atoms with E-state index in [0.717, 1.165) is 0 Å². The van der Waals surface area contributed by atoms with Gasteiger partial charge in [0, 0.05) is 28.0 Å². The second kappa shape index (κ2) is 5.87. The topological polar surface area (TPSA) is 109 Å². The fourth-order valence-electron chi connectivity index (χ4n) is 2.75. The predicted molar refractivity (Wildman–Crippen MR) is 93.9 cm³/mol. The Morgan fingerprint density at radius 3 is 2.89 bits per heavy atom. The highest BCUT2D eigenvalue weighted by Crippen LogP contribution is 2.29. The van der Waals surface area contributed by atoms with Crippen LogP contribution in [0.5, 0.6) is 5.88 Å². The van der Waals surface area contributed by atoms with E-state index in [4.69, 9.17) is 14.7 Å². The largest absolute Gasteiger partial charge is 0.470 e. The summed E-state index contributed by atoms with van der Waals surface area (Å²) in [6.07, 6.45) is 1.73. The molecule has 0 radical (unpaired) electrons. The lowest BCUT2D eigenvalue weighted by atomic mass is 10.2. The number of hydrogen-bond donors (Lipinski definition) is 0. The molecule has 10 nitrogen and oxygen atoms in total. The van der Waals surface area contributed by atoms with Crippen molar-refractivity contribution in [1.82, 2.24) is 40.0 Å². The molecule has 0 aliphatic carbocycles. The van der Waals surface area contributed by atoms with Gasteiger partial charge >= 0.3 is 0 Å². The van der Waals surface area contributed by atoms with Crippen LogP contribution in [0.1, 0.15) is 16.9 Å². The molecule has 0 bridgehead atoms. The maximum Gasteiger partial charge on any atom is 0.240 e. The Balaban J connectivity index is 1.65. The van der Waals surface area contributed by atoms with Gasteiger partial charge < -0.3 is 9.26 Å². The van der Waals surface area contributed by atoms with Gasteiger partial charge in [-0.25, -0.2) is 0 Å². The summed E-state index contributed by atoms with van der Waals surface area (Å²) in [7, 11) is 1.75. The summed E-state index contributed by atoms with van der Waals surface area (Å²) in [4.78, 5) is 0. The first-order valence-electron chi connectivity index (χ1n) is 9.92. The number of aromatic nitrogens is 8. The second-order valence-electron chi connectivity index (χ2n) is 5.77. The van der Waals surface area contributed by atoms with Gasteiger partial charge in [0.05, 0.1) is 7.57 Å². The molecule has 5 rings (SSSR count). The summed E-state index contributed by atoms with van der Waals surface area (Å²) in [5.74, 6) is -0.186. The highest BCUT2D eigenvalue weighted by Gasteiger charge is 2.18. The summed E-state index contributed by atoms with van der Waals surface area (Å²) in [6.45, 7) is -2.49. The van der Waals surface area contributed by atoms with Crippen molar-refractivity contribution in [2.24, 2.45) is 7.05 Å². The number of ether oxygens (including phenoxy) is 1. The summed E-state index contributed by atoms with van der Waals surface area (Å²) >= 11 is 0. The van der Waals surface area contributed by atoms with Crippen molar-refractivity contribution in [1.29, 1.82) is 0 Å². The number of aryl methyl sites for hydroxylation is 2. The van der Waals surface area contributed by atoms with Crippen molar-refractivity contribution in [2.45, 2.75) is 13.5 Å². The first kappa shape index (κ1) is 11.7. The lowest BCUT2D eigenvalue weighted by Gasteiger charge is -2.08. The van der Waals surface area contributed by atoms with Gasteiger partial charge in [-0.1, -0.05) is 28.6 Å². The number of nitrogens with zero attached hydrogens (tertiary/aromatic N) is 8. The first-order valence-corrected chi connectivity index (χ1v) is 7.92. The van der Waals surface area contributed by atoms with Crippen molar-refractivity contribution in [2.75, 3.05) is 0 Å². The molecule has 0 amide bonds. The van der Waals surface area contributed by atoms with Gasteiger partial charge in [0.15, 0.2) is 11.3 Å². The summed E-state index contributed by atoms with van der Waals surface area (Å²) in [5, 5.41) is 25.7. The van der Waals surface area contributed by atoms with Crippen LogP contribution in [-0.2, 0) is 13.7 Å². The average molecular weight is 366 g/mol. The van der Waals surface area contributed by atoms with Crippen molar-refractivity contribution in [3.63, 3.8) is 0 Å². The van der Waals surface area contributed by atoms with Gasteiger partial charge in [0.2, 0.25) is 11.7 Å². The Hall–Kier alpha value is -3.82. The Morgan fingerprint density at radius 1 is 1.22 bits per heavy atom. The maximum atomic E-state index is 8.17. The molecular weight excluding hydrogens is 348 g/mol. The molecule has 134 valence electrons. The third-order valence-corrected chi connectivity index (χ3v) is 3.91. The number of benzene rings is 1. The van der Waals surface area contributed by atoms with Crippen LogP contribution in [0.15, 0.2) is 41.0 Å². The lowest BCUT2D eigenvalue weighted by molar-refractivity contribution is 0.289. The van der Waals surface area contributed by atoms with Crippen LogP contribution in [0.3, 0.4) is 0 Å². The van der Waals surface area contributed by atoms with Crippen molar-refractivity contribution in [3.8, 4) is 17.4 Å². The van der Waals surface area contributed by atoms with E-state index < -0.39 is 18.7 Å². The molecule has 5 aromatic rings. The normalized spacial score (nSPS) is 14.1. The van der Waals surface area contributed by atoms with Gasteiger partial charge in [-0.2, -0.15) is 4.52 Å². The smallest absolute Gasteiger partial charge is 0.240 e. The van der Waals surface area contributed by atoms with Crippen molar-refractivity contribution in [3.05, 3.63) is 48.0 Å². The van der Waals surface area contributed by atoms with Crippen molar-refractivity contribution < 1.29 is 14.7 Å². The van der Waals surface area contributed by atoms with Crippen LogP contribution in [0, 0.1) is 6.85 Å². The fraction of sp³-hybridized carbons (Fsp3) is 0.176. The molecule has 0 atom stereocenters. The Morgan fingerprint density at radius 2 is 2.11 bits per heavy atom. The number of fused-ring (bicyclic) bond motifs is 3. The summed E-state index contributed by atoms with van der Waals surface area (Å²) in [5.41, 5.74) is 0.932. The predicted octanol–water partition coefficient (Wildman–Crippen LogP) is 1.95. The molecule has 10 heteroatoms. The molecule has 4 aromatic heterocycles. The molecule has 0 aliphatic rings. The first-order chi connectivity index (χ1) is 14.8. The molecular formula is C17H14N8O2. The monoisotopic (exact) mass is 366 g/mol. The van der Waals surface area contributed by atoms with Gasteiger partial charge in [-0.15, -0.1) is 20.4 Å². The maximum absolute atomic E-state index is 8.17. The van der Waals surface area contributed by atoms with Gasteiger partial charge in [0.1, 0.15) is 18.1 Å². The second-order valence-corrected chi connectivity index (χ2v) is 5.77. The van der Waals surface area contributed by atoms with E-state index in [1.165, 1.54) is 4.52 Å². The molecule has 1 aromatic carbocycles. The van der Waals surface area contributed by atoms with Gasteiger partial charge in [-0.05, 0) is 12.9 Å². The van der Waals surface area contributed by atoms with E-state index in [0.29, 0.717) is 22.1 Å². The molecule has 0 N–H and O–H groups in total. The third kappa shape index (κ3) is 2.58. The number of rotatable bonds is 4. The van der Waals surface area contributed by atoms with Crippen LogP contribution in [0.2, 0.25) is 0 Å². The van der Waals surface area contributed by atoms with E-state index in [9.17, 15) is 0 Å². The SMILES string of the molecule is [2H]c1c(-c2nnc3c4ccccc4c(OCc4cn(C)nn4)nn23)noc1C([2H])([2H])[2H]. The lowest BCUT2D eigenvalue weighted by Crippen LogP contribution is -2.03. The third-order valence-electron chi connectivity index (χ3n) is 3.91. The minimum absolute atomic E-state index is 0.0642. The van der Waals surface area contributed by atoms with E-state index in [1.54, 1.807) is 17.9 Å². The molecule has 0 aliphatic heterocycles. The standard InChI is InChI=1S/C17H14N8O2/c1-10-7-14(22-27-10)16-20-19-15-12-5-3-4-6-13(12)17(21-25(15)16)26-9-11-8-24(2)23-18-11/h3-8H,9H2,1-2H3/i1D3,7D. The molecule has 0 saturated heterocycles. The van der Waals surface area contributed by atoms with E-state index in [-0.39, 0.29) is 24.0 Å². The van der Waals surface area contributed by atoms with E-state index >= 15 is 0 Å². The van der Waals surface area contributed by atoms with Gasteiger partial charge in [0.25, 0.3) is 0 Å². The average Bonchev–Trinajstić information content (AvgIpc) is 3.43. The highest BCUT2D eigenvalue weighted by molar-refractivity contribution is 5.96. The van der Waals surface area contributed by atoms with Gasteiger partial charge in [-0.3, -0.25) is 4.68 Å². The highest BCUT2D eigenvalue weighted by atomic mass is 16.5. The molecule has 27 heavy (non-hydrogen) atoms. The quantitative estimate of drug-likeness (QED) is 0.475. The zero-order valence-electron chi connectivity index (χ0n) is 18.0. The summed E-state index contributed by atoms with van der Waals surface area (Å²) in [6, 6.07) is 6.95. The molecule has 0 fully saturated rings. The van der Waals surface area contributed by atoms with Crippen LogP contribution in [0.25, 0.3) is 27.9 Å². The zero-order valence-corrected chi connectivity index (χ0v) is 14.0. The molecule has 4 heterocycles.